The minimum Gasteiger partial charge on any atom is -0.372 e. The zero-order chi connectivity index (χ0) is 9.07. The third-order valence-electron chi connectivity index (χ3n) is 1.26. The van der Waals surface area contributed by atoms with E-state index in [0.29, 0.717) is 12.4 Å². The molecule has 4 nitrogen and oxygen atoms in total. The van der Waals surface area contributed by atoms with Gasteiger partial charge in [-0.1, -0.05) is 6.58 Å². The summed E-state index contributed by atoms with van der Waals surface area (Å²) in [4.78, 5) is 0. The highest BCUT2D eigenvalue weighted by atomic mass is 32.2. The van der Waals surface area contributed by atoms with Crippen molar-refractivity contribution in [3.05, 3.63) is 12.4 Å². The van der Waals surface area contributed by atoms with E-state index >= 15 is 0 Å². The summed E-state index contributed by atoms with van der Waals surface area (Å²) in [5, 5.41) is 2.80. The van der Waals surface area contributed by atoms with Crippen molar-refractivity contribution in [3.8, 4) is 0 Å². The summed E-state index contributed by atoms with van der Waals surface area (Å²) in [6.45, 7) is 6.09. The molecule has 0 amide bonds. The van der Waals surface area contributed by atoms with E-state index in [-0.39, 0.29) is 0 Å². The zero-order valence-corrected chi connectivity index (χ0v) is 7.90. The summed E-state index contributed by atoms with van der Waals surface area (Å²) >= 11 is 0. The number of hydrogen-bond acceptors (Lipinski definition) is 3. The third-order valence-corrected chi connectivity index (χ3v) is 2.47. The van der Waals surface area contributed by atoms with Gasteiger partial charge in [0.1, 0.15) is 5.82 Å². The van der Waals surface area contributed by atoms with Crippen LogP contribution in [0.1, 0.15) is 6.92 Å². The van der Waals surface area contributed by atoms with Gasteiger partial charge in [0.05, 0.1) is 6.26 Å². The molecule has 0 spiro atoms. The Kier molecular flexibility index (Phi) is 3.38. The molecule has 0 rings (SSSR count). The van der Waals surface area contributed by atoms with Crippen molar-refractivity contribution in [1.82, 2.24) is 9.62 Å². The summed E-state index contributed by atoms with van der Waals surface area (Å²) in [6.07, 6.45) is 1.13. The van der Waals surface area contributed by atoms with Gasteiger partial charge < -0.3 is 5.32 Å². The van der Waals surface area contributed by atoms with E-state index in [0.717, 1.165) is 10.6 Å². The smallest absolute Gasteiger partial charge is 0.233 e. The Labute approximate surface area is 67.9 Å². The highest BCUT2D eigenvalue weighted by Gasteiger charge is 2.10. The molecule has 66 valence electrons. The predicted octanol–water partition coefficient (Wildman–Crippen LogP) is -0.0415. The molecule has 11 heavy (non-hydrogen) atoms. The molecule has 0 radical (unpaired) electrons. The maximum absolute atomic E-state index is 10.9. The first-order valence-corrected chi connectivity index (χ1v) is 5.11. The van der Waals surface area contributed by atoms with Crippen molar-refractivity contribution in [2.24, 2.45) is 0 Å². The molecule has 0 saturated carbocycles. The average molecular weight is 178 g/mol. The molecule has 0 aromatic heterocycles. The fourth-order valence-electron chi connectivity index (χ4n) is 0.516. The molecule has 0 atom stereocenters. The van der Waals surface area contributed by atoms with Gasteiger partial charge >= 0.3 is 0 Å². The van der Waals surface area contributed by atoms with E-state index < -0.39 is 10.0 Å². The van der Waals surface area contributed by atoms with Crippen LogP contribution < -0.4 is 5.32 Å². The number of nitrogens with zero attached hydrogens (tertiary/aromatic N) is 1. The summed E-state index contributed by atoms with van der Waals surface area (Å²) in [7, 11) is -1.69. The lowest BCUT2D eigenvalue weighted by Crippen LogP contribution is -2.31. The molecule has 0 aromatic rings. The van der Waals surface area contributed by atoms with Gasteiger partial charge in [-0.3, -0.25) is 4.31 Å². The Morgan fingerprint density at radius 3 is 2.36 bits per heavy atom. The fraction of sp³-hybridized carbons (Fsp3) is 0.667. The van der Waals surface area contributed by atoms with E-state index in [1.807, 2.05) is 6.92 Å². The van der Waals surface area contributed by atoms with Crippen LogP contribution in [0.25, 0.3) is 0 Å². The van der Waals surface area contributed by atoms with Crippen molar-refractivity contribution in [1.29, 1.82) is 0 Å². The van der Waals surface area contributed by atoms with Crippen LogP contribution in [0.3, 0.4) is 0 Å². The molecule has 0 aliphatic rings. The monoisotopic (exact) mass is 178 g/mol. The molecular formula is C6H14N2O2S. The lowest BCUT2D eigenvalue weighted by atomic mass is 10.7. The highest BCUT2D eigenvalue weighted by molar-refractivity contribution is 7.88. The third kappa shape index (κ3) is 3.27. The maximum Gasteiger partial charge on any atom is 0.233 e. The largest absolute Gasteiger partial charge is 0.372 e. The molecule has 0 saturated heterocycles. The maximum atomic E-state index is 10.9. The van der Waals surface area contributed by atoms with Crippen LogP contribution in [0.15, 0.2) is 12.4 Å². The summed E-state index contributed by atoms with van der Waals surface area (Å²) in [6, 6.07) is 0. The first kappa shape index (κ1) is 10.3. The minimum absolute atomic E-state index is 0.398. The van der Waals surface area contributed by atoms with Crippen LogP contribution in [-0.4, -0.2) is 32.6 Å². The lowest BCUT2D eigenvalue weighted by Gasteiger charge is -2.19. The quantitative estimate of drug-likeness (QED) is 0.657. The first-order valence-electron chi connectivity index (χ1n) is 3.26. The van der Waals surface area contributed by atoms with Crippen LogP contribution in [0.2, 0.25) is 0 Å². The SMILES string of the molecule is C=C(NCC)N(C)S(C)(=O)=O. The summed E-state index contributed by atoms with van der Waals surface area (Å²) in [5.41, 5.74) is 0. The van der Waals surface area contributed by atoms with Gasteiger partial charge in [-0.15, -0.1) is 0 Å². The van der Waals surface area contributed by atoms with Gasteiger partial charge in [0.2, 0.25) is 10.0 Å². The van der Waals surface area contributed by atoms with Gasteiger partial charge in [-0.25, -0.2) is 8.42 Å². The molecule has 0 unspecified atom stereocenters. The molecule has 1 N–H and O–H groups in total. The molecular weight excluding hydrogens is 164 g/mol. The van der Waals surface area contributed by atoms with Crippen molar-refractivity contribution in [2.75, 3.05) is 19.8 Å². The molecule has 0 aliphatic carbocycles. The number of hydrogen-bond donors (Lipinski definition) is 1. The van der Waals surface area contributed by atoms with Crippen LogP contribution in [-0.2, 0) is 10.0 Å². The van der Waals surface area contributed by atoms with E-state index in [9.17, 15) is 8.42 Å². The molecule has 0 fully saturated rings. The molecule has 0 aromatic carbocycles. The Morgan fingerprint density at radius 2 is 2.09 bits per heavy atom. The van der Waals surface area contributed by atoms with E-state index in [1.54, 1.807) is 0 Å². The highest BCUT2D eigenvalue weighted by Crippen LogP contribution is 1.99. The fourth-order valence-corrected chi connectivity index (χ4v) is 0.980. The van der Waals surface area contributed by atoms with Gasteiger partial charge in [0.25, 0.3) is 0 Å². The number of rotatable bonds is 4. The van der Waals surface area contributed by atoms with Crippen LogP contribution >= 0.6 is 0 Å². The second kappa shape index (κ2) is 3.61. The van der Waals surface area contributed by atoms with Gasteiger partial charge in [0.15, 0.2) is 0 Å². The van der Waals surface area contributed by atoms with E-state index in [1.165, 1.54) is 7.05 Å². The molecule has 0 heterocycles. The van der Waals surface area contributed by atoms with Gasteiger partial charge in [0, 0.05) is 13.6 Å². The zero-order valence-electron chi connectivity index (χ0n) is 7.09. The van der Waals surface area contributed by atoms with E-state index in [4.69, 9.17) is 0 Å². The van der Waals surface area contributed by atoms with Crippen LogP contribution in [0.5, 0.6) is 0 Å². The Morgan fingerprint density at radius 1 is 1.64 bits per heavy atom. The summed E-state index contributed by atoms with van der Waals surface area (Å²) < 4.78 is 22.9. The lowest BCUT2D eigenvalue weighted by molar-refractivity contribution is 0.508. The van der Waals surface area contributed by atoms with Crippen molar-refractivity contribution in [2.45, 2.75) is 6.92 Å². The van der Waals surface area contributed by atoms with Crippen LogP contribution in [0, 0.1) is 0 Å². The Hall–Kier alpha value is -0.710. The Balaban J connectivity index is 4.27. The number of nitrogens with one attached hydrogen (secondary N) is 1. The standard InChI is InChI=1S/C6H14N2O2S/c1-5-7-6(2)8(3)11(4,9)10/h7H,2,5H2,1,3-4H3. The Bertz CT molecular complexity index is 233. The first-order chi connectivity index (χ1) is 4.89. The molecule has 0 bridgehead atoms. The average Bonchev–Trinajstić information content (AvgIpc) is 1.85. The topological polar surface area (TPSA) is 49.4 Å². The predicted molar refractivity (Wildman–Crippen MR) is 45.4 cm³/mol. The van der Waals surface area contributed by atoms with E-state index in [2.05, 4.69) is 11.9 Å². The molecule has 5 heteroatoms. The second-order valence-electron chi connectivity index (χ2n) is 2.21. The van der Waals surface area contributed by atoms with Gasteiger partial charge in [-0.2, -0.15) is 0 Å². The van der Waals surface area contributed by atoms with Gasteiger partial charge in [-0.05, 0) is 6.92 Å². The van der Waals surface area contributed by atoms with Crippen LogP contribution in [0.4, 0.5) is 0 Å². The van der Waals surface area contributed by atoms with Crippen molar-refractivity contribution in [3.63, 3.8) is 0 Å². The molecule has 0 aliphatic heterocycles. The normalized spacial score (nSPS) is 10.8. The van der Waals surface area contributed by atoms with Crippen molar-refractivity contribution < 1.29 is 8.42 Å². The number of sulfonamides is 1. The van der Waals surface area contributed by atoms with Crippen molar-refractivity contribution >= 4 is 10.0 Å². The second-order valence-corrected chi connectivity index (χ2v) is 4.22. The summed E-state index contributed by atoms with van der Waals surface area (Å²) in [5.74, 6) is 0.398. The minimum atomic E-state index is -3.15.